The van der Waals surface area contributed by atoms with Crippen LogP contribution in [0, 0.1) is 6.92 Å². The van der Waals surface area contributed by atoms with Crippen molar-refractivity contribution in [2.24, 2.45) is 0 Å². The third kappa shape index (κ3) is 4.54. The van der Waals surface area contributed by atoms with Gasteiger partial charge in [-0.25, -0.2) is 4.79 Å². The highest BCUT2D eigenvalue weighted by Crippen LogP contribution is 2.21. The minimum Gasteiger partial charge on any atom is -0.477 e. The Morgan fingerprint density at radius 3 is 2.67 bits per heavy atom. The van der Waals surface area contributed by atoms with Crippen molar-refractivity contribution < 1.29 is 14.7 Å². The molecular formula is C15H22N2O3S. The lowest BCUT2D eigenvalue weighted by Crippen LogP contribution is -2.37. The van der Waals surface area contributed by atoms with Gasteiger partial charge < -0.3 is 15.3 Å². The lowest BCUT2D eigenvalue weighted by Gasteiger charge is -2.26. The molecule has 0 unspecified atom stereocenters. The number of amides is 1. The Labute approximate surface area is 129 Å². The molecular weight excluding hydrogens is 288 g/mol. The summed E-state index contributed by atoms with van der Waals surface area (Å²) in [6, 6.07) is 1.71. The number of carboxylic acid groups (broad SMARTS) is 1. The Morgan fingerprint density at radius 1 is 1.33 bits per heavy atom. The van der Waals surface area contributed by atoms with Crippen LogP contribution in [0.2, 0.25) is 0 Å². The van der Waals surface area contributed by atoms with Gasteiger partial charge in [0.2, 0.25) is 5.91 Å². The molecule has 0 radical (unpaired) electrons. The number of likely N-dealkylation sites (tertiary alicyclic amines) is 1. The van der Waals surface area contributed by atoms with Crippen molar-refractivity contribution in [1.82, 2.24) is 10.2 Å². The number of thiophene rings is 1. The van der Waals surface area contributed by atoms with E-state index in [1.54, 1.807) is 6.07 Å². The maximum absolute atomic E-state index is 12.0. The molecule has 2 heterocycles. The second kappa shape index (κ2) is 7.56. The van der Waals surface area contributed by atoms with Gasteiger partial charge >= 0.3 is 5.97 Å². The molecule has 1 fully saturated rings. The normalized spacial score (nSPS) is 15.2. The number of piperidine rings is 1. The van der Waals surface area contributed by atoms with E-state index in [-0.39, 0.29) is 5.91 Å². The van der Waals surface area contributed by atoms with Gasteiger partial charge in [-0.1, -0.05) is 0 Å². The number of hydrogen-bond acceptors (Lipinski definition) is 4. The second-order valence-electron chi connectivity index (χ2n) is 5.37. The summed E-state index contributed by atoms with van der Waals surface area (Å²) < 4.78 is 0. The SMILES string of the molecule is Cc1sc(C(=O)O)cc1CNCCC(=O)N1CCCCC1. The lowest BCUT2D eigenvalue weighted by molar-refractivity contribution is -0.131. The summed E-state index contributed by atoms with van der Waals surface area (Å²) in [6.45, 7) is 4.96. The van der Waals surface area contributed by atoms with Crippen LogP contribution in [-0.2, 0) is 11.3 Å². The number of carbonyl (C=O) groups excluding carboxylic acids is 1. The maximum atomic E-state index is 12.0. The van der Waals surface area contributed by atoms with Crippen molar-refractivity contribution in [1.29, 1.82) is 0 Å². The van der Waals surface area contributed by atoms with E-state index in [1.165, 1.54) is 17.8 Å². The average Bonchev–Trinajstić information content (AvgIpc) is 2.86. The quantitative estimate of drug-likeness (QED) is 0.791. The van der Waals surface area contributed by atoms with E-state index in [1.807, 2.05) is 11.8 Å². The van der Waals surface area contributed by atoms with Crippen molar-refractivity contribution >= 4 is 23.2 Å². The molecule has 0 atom stereocenters. The molecule has 116 valence electrons. The first-order valence-corrected chi connectivity index (χ1v) is 8.20. The third-order valence-electron chi connectivity index (χ3n) is 3.77. The first-order valence-electron chi connectivity index (χ1n) is 7.39. The smallest absolute Gasteiger partial charge is 0.345 e. The van der Waals surface area contributed by atoms with E-state index in [4.69, 9.17) is 5.11 Å². The van der Waals surface area contributed by atoms with E-state index in [9.17, 15) is 9.59 Å². The van der Waals surface area contributed by atoms with Crippen molar-refractivity contribution in [3.8, 4) is 0 Å². The third-order valence-corrected chi connectivity index (χ3v) is 4.85. The Balaban J connectivity index is 1.72. The van der Waals surface area contributed by atoms with Crippen molar-refractivity contribution in [2.45, 2.75) is 39.2 Å². The van der Waals surface area contributed by atoms with Crippen LogP contribution in [0.4, 0.5) is 0 Å². The van der Waals surface area contributed by atoms with Crippen LogP contribution >= 0.6 is 11.3 Å². The zero-order valence-corrected chi connectivity index (χ0v) is 13.2. The highest BCUT2D eigenvalue weighted by atomic mass is 32.1. The summed E-state index contributed by atoms with van der Waals surface area (Å²) in [7, 11) is 0. The summed E-state index contributed by atoms with van der Waals surface area (Å²) in [5.41, 5.74) is 1.00. The van der Waals surface area contributed by atoms with Gasteiger partial charge in [-0.2, -0.15) is 0 Å². The van der Waals surface area contributed by atoms with E-state index in [0.29, 0.717) is 24.4 Å². The molecule has 1 aromatic rings. The number of carbonyl (C=O) groups is 2. The Morgan fingerprint density at radius 2 is 2.05 bits per heavy atom. The molecule has 2 rings (SSSR count). The molecule has 1 amide bonds. The van der Waals surface area contributed by atoms with Crippen LogP contribution in [0.1, 0.15) is 45.8 Å². The molecule has 21 heavy (non-hydrogen) atoms. The topological polar surface area (TPSA) is 69.6 Å². The number of hydrogen-bond donors (Lipinski definition) is 2. The molecule has 1 aliphatic rings. The average molecular weight is 310 g/mol. The van der Waals surface area contributed by atoms with Crippen LogP contribution in [-0.4, -0.2) is 41.5 Å². The van der Waals surface area contributed by atoms with Gasteiger partial charge in [0.05, 0.1) is 0 Å². The van der Waals surface area contributed by atoms with Crippen LogP contribution in [0.3, 0.4) is 0 Å². The largest absolute Gasteiger partial charge is 0.477 e. The highest BCUT2D eigenvalue weighted by molar-refractivity contribution is 7.14. The number of carboxylic acids is 1. The van der Waals surface area contributed by atoms with Crippen molar-refractivity contribution in [2.75, 3.05) is 19.6 Å². The van der Waals surface area contributed by atoms with Crippen LogP contribution in [0.5, 0.6) is 0 Å². The van der Waals surface area contributed by atoms with Gasteiger partial charge in [-0.15, -0.1) is 11.3 Å². The van der Waals surface area contributed by atoms with E-state index in [0.717, 1.165) is 36.4 Å². The summed E-state index contributed by atoms with van der Waals surface area (Å²) in [6.07, 6.45) is 3.97. The Hall–Kier alpha value is -1.40. The van der Waals surface area contributed by atoms with E-state index in [2.05, 4.69) is 5.32 Å². The maximum Gasteiger partial charge on any atom is 0.345 e. The molecule has 0 aromatic carbocycles. The zero-order valence-electron chi connectivity index (χ0n) is 12.4. The molecule has 1 saturated heterocycles. The number of nitrogens with one attached hydrogen (secondary N) is 1. The molecule has 1 aromatic heterocycles. The fourth-order valence-corrected chi connectivity index (χ4v) is 3.40. The van der Waals surface area contributed by atoms with E-state index >= 15 is 0 Å². The number of nitrogens with zero attached hydrogens (tertiary/aromatic N) is 1. The van der Waals surface area contributed by atoms with Crippen LogP contribution < -0.4 is 5.32 Å². The molecule has 5 nitrogen and oxygen atoms in total. The first kappa shape index (κ1) is 16.0. The standard InChI is InChI=1S/C15H22N2O3S/c1-11-12(9-13(21-11)15(19)20)10-16-6-5-14(18)17-7-3-2-4-8-17/h9,16H,2-8,10H2,1H3,(H,19,20). The fraction of sp³-hybridized carbons (Fsp3) is 0.600. The number of aryl methyl sites for hydroxylation is 1. The second-order valence-corrected chi connectivity index (χ2v) is 6.62. The summed E-state index contributed by atoms with van der Waals surface area (Å²) in [5.74, 6) is -0.662. The molecule has 0 spiro atoms. The van der Waals surface area contributed by atoms with Crippen LogP contribution in [0.25, 0.3) is 0 Å². The molecule has 1 aliphatic heterocycles. The van der Waals surface area contributed by atoms with Crippen LogP contribution in [0.15, 0.2) is 6.07 Å². The monoisotopic (exact) mass is 310 g/mol. The van der Waals surface area contributed by atoms with Gasteiger partial charge in [0, 0.05) is 37.5 Å². The summed E-state index contributed by atoms with van der Waals surface area (Å²) in [5, 5.41) is 12.2. The van der Waals surface area contributed by atoms with Gasteiger partial charge in [-0.3, -0.25) is 4.79 Å². The predicted octanol–water partition coefficient (Wildman–Crippen LogP) is 2.25. The minimum absolute atomic E-state index is 0.218. The lowest BCUT2D eigenvalue weighted by atomic mass is 10.1. The van der Waals surface area contributed by atoms with Gasteiger partial charge in [0.15, 0.2) is 0 Å². The summed E-state index contributed by atoms with van der Waals surface area (Å²) in [4.78, 5) is 26.2. The predicted molar refractivity (Wildman–Crippen MR) is 82.8 cm³/mol. The first-order chi connectivity index (χ1) is 10.1. The Kier molecular flexibility index (Phi) is 5.76. The van der Waals surface area contributed by atoms with Gasteiger partial charge in [0.1, 0.15) is 4.88 Å². The number of rotatable bonds is 6. The van der Waals surface area contributed by atoms with Gasteiger partial charge in [-0.05, 0) is 37.8 Å². The molecule has 0 bridgehead atoms. The van der Waals surface area contributed by atoms with E-state index < -0.39 is 5.97 Å². The molecule has 2 N–H and O–H groups in total. The summed E-state index contributed by atoms with van der Waals surface area (Å²) >= 11 is 1.29. The number of aromatic carboxylic acids is 1. The minimum atomic E-state index is -0.880. The zero-order chi connectivity index (χ0) is 15.2. The van der Waals surface area contributed by atoms with Crippen molar-refractivity contribution in [3.63, 3.8) is 0 Å². The molecule has 6 heteroatoms. The Bertz CT molecular complexity index is 507. The van der Waals surface area contributed by atoms with Gasteiger partial charge in [0.25, 0.3) is 0 Å². The fourth-order valence-electron chi connectivity index (χ4n) is 2.52. The molecule has 0 aliphatic carbocycles. The molecule has 0 saturated carbocycles. The highest BCUT2D eigenvalue weighted by Gasteiger charge is 2.16. The van der Waals surface area contributed by atoms with Crippen molar-refractivity contribution in [3.05, 3.63) is 21.4 Å².